The topological polar surface area (TPSA) is 51.6 Å². The molecule has 4 rings (SSSR count). The van der Waals surface area contributed by atoms with E-state index in [4.69, 9.17) is 0 Å². The van der Waals surface area contributed by atoms with Gasteiger partial charge >= 0.3 is 160 Å². The van der Waals surface area contributed by atoms with Gasteiger partial charge in [0.05, 0.1) is 0 Å². The summed E-state index contributed by atoms with van der Waals surface area (Å²) in [5.74, 6) is -0.903. The molecule has 0 saturated carbocycles. The molecule has 0 amide bonds. The van der Waals surface area contributed by atoms with E-state index < -0.39 is 53.6 Å². The minimum atomic E-state index is -0.935. The van der Waals surface area contributed by atoms with Crippen molar-refractivity contribution in [3.8, 4) is 0 Å². The molecule has 0 atom stereocenters. The summed E-state index contributed by atoms with van der Waals surface area (Å²) in [5.41, 5.74) is 1.99. The van der Waals surface area contributed by atoms with Gasteiger partial charge < -0.3 is 0 Å². The predicted octanol–water partition coefficient (Wildman–Crippen LogP) is 2.33. The fourth-order valence-corrected chi connectivity index (χ4v) is 7.59. The van der Waals surface area contributed by atoms with Crippen LogP contribution in [0, 0.1) is 18.8 Å². The van der Waals surface area contributed by atoms with Crippen molar-refractivity contribution >= 4 is 120 Å². The maximum atomic E-state index is 14.7. The van der Waals surface area contributed by atoms with Gasteiger partial charge in [-0.05, 0) is 0 Å². The van der Waals surface area contributed by atoms with Crippen LogP contribution in [0.15, 0.2) is 0 Å². The molecule has 0 aliphatic rings. The van der Waals surface area contributed by atoms with Crippen molar-refractivity contribution in [2.24, 2.45) is 0 Å². The summed E-state index contributed by atoms with van der Waals surface area (Å²) in [5, 5.41) is 0.446. The first kappa shape index (κ1) is 14.4. The number of rotatable bonds is 0. The first-order chi connectivity index (χ1) is 9.61. The minimum absolute atomic E-state index is 0.223. The van der Waals surface area contributed by atoms with Gasteiger partial charge in [-0.3, -0.25) is 0 Å². The van der Waals surface area contributed by atoms with Gasteiger partial charge in [-0.15, -0.1) is 0 Å². The molecule has 0 N–H and O–H groups in total. The normalized spacial score (nSPS) is 12.0. The van der Waals surface area contributed by atoms with Crippen molar-refractivity contribution in [2.45, 2.75) is 0 Å². The molecule has 10 heteroatoms. The van der Waals surface area contributed by atoms with Gasteiger partial charge in [0.25, 0.3) is 0 Å². The Labute approximate surface area is 158 Å². The Balaban J connectivity index is 2.49. The van der Waals surface area contributed by atoms with Crippen molar-refractivity contribution in [2.75, 3.05) is 0 Å². The van der Waals surface area contributed by atoms with E-state index in [0.29, 0.717) is 29.2 Å². The average molecular weight is 723 g/mol. The van der Waals surface area contributed by atoms with Crippen LogP contribution in [0.3, 0.4) is 0 Å². The van der Waals surface area contributed by atoms with Gasteiger partial charge in [-0.2, -0.15) is 0 Å². The fraction of sp³-hybridized carbons (Fsp3) is 0. The standard InChI is InChI=1S/C10F2I2N4Te2/c11-3-1-2(8-10(5(3)13)18-20-16-8)4(12)6(14)9-7(1)15-19-17-9. The Bertz CT molecular complexity index is 931. The van der Waals surface area contributed by atoms with Gasteiger partial charge in [0, 0.05) is 0 Å². The van der Waals surface area contributed by atoms with Gasteiger partial charge in [0.2, 0.25) is 0 Å². The van der Waals surface area contributed by atoms with Crippen LogP contribution in [0.25, 0.3) is 32.8 Å². The second kappa shape index (κ2) is 5.17. The summed E-state index contributed by atoms with van der Waals surface area (Å²) in [7, 11) is 0. The van der Waals surface area contributed by atoms with Crippen LogP contribution in [-0.2, 0) is 0 Å². The van der Waals surface area contributed by atoms with Crippen molar-refractivity contribution in [1.82, 2.24) is 12.8 Å². The number of fused-ring (bicyclic) bond motifs is 5. The molecule has 4 nitrogen and oxygen atoms in total. The summed E-state index contributed by atoms with van der Waals surface area (Å²) in [6, 6.07) is 0. The molecular formula is C10F2I2N4Te2. The molecule has 100 valence electrons. The van der Waals surface area contributed by atoms with Crippen molar-refractivity contribution in [3.05, 3.63) is 18.8 Å². The van der Waals surface area contributed by atoms with E-state index in [2.05, 4.69) is 12.8 Å². The summed E-state index contributed by atoms with van der Waals surface area (Å²) in [4.78, 5) is 0. The van der Waals surface area contributed by atoms with Crippen LogP contribution in [0.5, 0.6) is 0 Å². The zero-order chi connectivity index (χ0) is 14.0. The molecule has 0 radical (unpaired) electrons. The van der Waals surface area contributed by atoms with Crippen LogP contribution in [-0.4, -0.2) is 54.8 Å². The van der Waals surface area contributed by atoms with Crippen LogP contribution >= 0.6 is 45.2 Å². The number of hydrogen-bond acceptors (Lipinski definition) is 4. The number of halogens is 4. The first-order valence-corrected chi connectivity index (χ1v) is 11.5. The van der Waals surface area contributed by atoms with Gasteiger partial charge in [0.1, 0.15) is 0 Å². The number of nitrogens with zero attached hydrogens (tertiary/aromatic N) is 4. The van der Waals surface area contributed by atoms with Crippen molar-refractivity contribution in [3.63, 3.8) is 0 Å². The molecule has 0 fully saturated rings. The number of benzene rings is 2. The van der Waals surface area contributed by atoms with E-state index in [0.717, 1.165) is 0 Å². The quantitative estimate of drug-likeness (QED) is 0.207. The molecule has 20 heavy (non-hydrogen) atoms. The molecule has 2 aromatic heterocycles. The Kier molecular flexibility index (Phi) is 3.72. The molecule has 0 unspecified atom stereocenters. The van der Waals surface area contributed by atoms with Crippen molar-refractivity contribution in [1.29, 1.82) is 0 Å². The molecule has 0 bridgehead atoms. The average Bonchev–Trinajstić information content (AvgIpc) is 3.08. The molecule has 0 saturated heterocycles. The fourth-order valence-electron chi connectivity index (χ4n) is 2.08. The molecule has 2 heterocycles. The first-order valence-electron chi connectivity index (χ1n) is 5.13. The SMILES string of the molecule is Fc1c(I)c2n[te]nc2c2c(F)c(I)c3n[te]nc3c12. The van der Waals surface area contributed by atoms with E-state index in [1.54, 1.807) is 0 Å². The molecule has 4 aromatic rings. The molecule has 0 aliphatic heterocycles. The maximum absolute atomic E-state index is 14.7. The molecule has 0 spiro atoms. The number of hydrogen-bond donors (Lipinski definition) is 0. The molecular weight excluding hydrogens is 723 g/mol. The molecule has 2 aromatic carbocycles. The molecule has 0 aliphatic carbocycles. The second-order valence-electron chi connectivity index (χ2n) is 3.93. The van der Waals surface area contributed by atoms with E-state index in [9.17, 15) is 8.78 Å². The summed E-state index contributed by atoms with van der Waals surface area (Å²) in [6.07, 6.45) is 0. The van der Waals surface area contributed by atoms with Gasteiger partial charge in [0.15, 0.2) is 0 Å². The third kappa shape index (κ3) is 1.85. The summed E-state index contributed by atoms with van der Waals surface area (Å²) < 4.78 is 47.4. The Morgan fingerprint density at radius 2 is 1.00 bits per heavy atom. The van der Waals surface area contributed by atoms with Crippen LogP contribution < -0.4 is 0 Å². The Morgan fingerprint density at radius 1 is 0.650 bits per heavy atom. The van der Waals surface area contributed by atoms with E-state index >= 15 is 0 Å². The predicted molar refractivity (Wildman–Crippen MR) is 89.4 cm³/mol. The summed E-state index contributed by atoms with van der Waals surface area (Å²) >= 11 is 1.95. The zero-order valence-electron chi connectivity index (χ0n) is 9.12. The summed E-state index contributed by atoms with van der Waals surface area (Å²) in [6.45, 7) is 0. The zero-order valence-corrected chi connectivity index (χ0v) is 18.1. The van der Waals surface area contributed by atoms with Gasteiger partial charge in [-0.25, -0.2) is 0 Å². The van der Waals surface area contributed by atoms with Crippen LogP contribution in [0.2, 0.25) is 0 Å². The van der Waals surface area contributed by atoms with Crippen LogP contribution in [0.4, 0.5) is 8.78 Å². The van der Waals surface area contributed by atoms with Crippen LogP contribution in [0.1, 0.15) is 0 Å². The van der Waals surface area contributed by atoms with E-state index in [1.165, 1.54) is 0 Å². The third-order valence-corrected chi connectivity index (χ3v) is 7.93. The monoisotopic (exact) mass is 728 g/mol. The van der Waals surface area contributed by atoms with E-state index in [-0.39, 0.29) is 10.8 Å². The van der Waals surface area contributed by atoms with E-state index in [1.807, 2.05) is 45.2 Å². The van der Waals surface area contributed by atoms with Crippen molar-refractivity contribution < 1.29 is 8.78 Å². The van der Waals surface area contributed by atoms with Gasteiger partial charge in [-0.1, -0.05) is 0 Å². The Morgan fingerprint density at radius 3 is 1.40 bits per heavy atom. The third-order valence-electron chi connectivity index (χ3n) is 2.94. The second-order valence-corrected chi connectivity index (χ2v) is 9.10. The Hall–Kier alpha value is 0.799. The number of aromatic nitrogens is 4.